The normalized spacial score (nSPS) is 12.6. The first-order valence-electron chi connectivity index (χ1n) is 27.6. The number of ether oxygens (including phenoxy) is 3. The Morgan fingerprint density at radius 1 is 0.323 bits per heavy atom. The molecule has 0 bridgehead atoms. The highest BCUT2D eigenvalue weighted by Crippen LogP contribution is 2.18. The zero-order valence-electron chi connectivity index (χ0n) is 42.7. The summed E-state index contributed by atoms with van der Waals surface area (Å²) in [6, 6.07) is 0. The maximum atomic E-state index is 12.8. The molecule has 0 aromatic heterocycles. The van der Waals surface area contributed by atoms with Crippen LogP contribution in [-0.2, 0) is 28.6 Å². The summed E-state index contributed by atoms with van der Waals surface area (Å²) in [5.74, 6) is 1.68. The molecule has 0 aliphatic heterocycles. The molecular weight excluding hydrogens is 769 g/mol. The second-order valence-corrected chi connectivity index (χ2v) is 20.4. The molecule has 1 unspecified atom stereocenters. The van der Waals surface area contributed by atoms with Gasteiger partial charge in [0.2, 0.25) is 0 Å². The predicted molar refractivity (Wildman–Crippen MR) is 266 cm³/mol. The summed E-state index contributed by atoms with van der Waals surface area (Å²) in [6.45, 7) is 13.8. The molecule has 0 radical (unpaired) electrons. The molecule has 0 saturated heterocycles. The number of carbonyl (C=O) groups is 3. The van der Waals surface area contributed by atoms with E-state index < -0.39 is 6.10 Å². The first-order chi connectivity index (χ1) is 30.1. The van der Waals surface area contributed by atoms with Crippen molar-refractivity contribution in [2.45, 2.75) is 311 Å². The molecule has 0 saturated carbocycles. The van der Waals surface area contributed by atoms with E-state index in [1.54, 1.807) is 0 Å². The smallest absolute Gasteiger partial charge is 0.306 e. The molecule has 2 atom stereocenters. The molecule has 0 rings (SSSR count). The van der Waals surface area contributed by atoms with E-state index in [9.17, 15) is 14.4 Å². The number of hydrogen-bond donors (Lipinski definition) is 0. The van der Waals surface area contributed by atoms with E-state index >= 15 is 0 Å². The number of esters is 3. The first kappa shape index (κ1) is 60.4. The molecule has 0 fully saturated rings. The average Bonchev–Trinajstić information content (AvgIpc) is 3.24. The quantitative estimate of drug-likeness (QED) is 0.0344. The summed E-state index contributed by atoms with van der Waals surface area (Å²) in [4.78, 5) is 38.1. The minimum absolute atomic E-state index is 0.0642. The maximum absolute atomic E-state index is 12.8. The van der Waals surface area contributed by atoms with Crippen molar-refractivity contribution < 1.29 is 28.6 Å². The van der Waals surface area contributed by atoms with Crippen molar-refractivity contribution in [2.24, 2.45) is 17.8 Å². The van der Waals surface area contributed by atoms with Gasteiger partial charge in [0, 0.05) is 19.3 Å². The van der Waals surface area contributed by atoms with Gasteiger partial charge < -0.3 is 14.2 Å². The second-order valence-electron chi connectivity index (χ2n) is 20.4. The van der Waals surface area contributed by atoms with Gasteiger partial charge in [0.25, 0.3) is 0 Å². The van der Waals surface area contributed by atoms with Crippen LogP contribution in [0, 0.1) is 17.8 Å². The fourth-order valence-electron chi connectivity index (χ4n) is 8.44. The molecule has 0 aromatic rings. The lowest BCUT2D eigenvalue weighted by Crippen LogP contribution is -2.30. The first-order valence-corrected chi connectivity index (χ1v) is 27.6. The highest BCUT2D eigenvalue weighted by molar-refractivity contribution is 5.71. The van der Waals surface area contributed by atoms with Crippen LogP contribution in [0.5, 0.6) is 0 Å². The van der Waals surface area contributed by atoms with E-state index in [0.717, 1.165) is 75.5 Å². The van der Waals surface area contributed by atoms with E-state index in [1.165, 1.54) is 186 Å². The molecule has 0 heterocycles. The molecule has 0 aromatic carbocycles. The zero-order valence-corrected chi connectivity index (χ0v) is 42.7. The monoisotopic (exact) mass is 877 g/mol. The molecule has 62 heavy (non-hydrogen) atoms. The fraction of sp³-hybridized carbons (Fsp3) is 0.946. The van der Waals surface area contributed by atoms with Gasteiger partial charge in [0.15, 0.2) is 6.10 Å². The summed E-state index contributed by atoms with van der Waals surface area (Å²) >= 11 is 0. The maximum Gasteiger partial charge on any atom is 0.306 e. The van der Waals surface area contributed by atoms with Gasteiger partial charge in [-0.25, -0.2) is 0 Å². The van der Waals surface area contributed by atoms with Crippen LogP contribution in [0.15, 0.2) is 0 Å². The van der Waals surface area contributed by atoms with Crippen molar-refractivity contribution in [3.63, 3.8) is 0 Å². The van der Waals surface area contributed by atoms with Crippen molar-refractivity contribution in [1.29, 1.82) is 0 Å². The van der Waals surface area contributed by atoms with Crippen molar-refractivity contribution >= 4 is 17.9 Å². The third-order valence-corrected chi connectivity index (χ3v) is 13.0. The Kier molecular flexibility index (Phi) is 46.2. The van der Waals surface area contributed by atoms with Crippen LogP contribution in [0.3, 0.4) is 0 Å². The molecule has 368 valence electrons. The summed E-state index contributed by atoms with van der Waals surface area (Å²) in [5.41, 5.74) is 0. The fourth-order valence-corrected chi connectivity index (χ4v) is 8.44. The van der Waals surface area contributed by atoms with E-state index in [0.29, 0.717) is 19.3 Å². The lowest BCUT2D eigenvalue weighted by Gasteiger charge is -2.18. The molecule has 0 spiro atoms. The van der Waals surface area contributed by atoms with Crippen LogP contribution in [0.2, 0.25) is 0 Å². The Bertz CT molecular complexity index is 962. The third kappa shape index (κ3) is 47.9. The van der Waals surface area contributed by atoms with Gasteiger partial charge in [-0.15, -0.1) is 0 Å². The van der Waals surface area contributed by atoms with E-state index in [4.69, 9.17) is 14.2 Å². The molecule has 6 heteroatoms. The van der Waals surface area contributed by atoms with Gasteiger partial charge in [-0.1, -0.05) is 266 Å². The van der Waals surface area contributed by atoms with Gasteiger partial charge in [0.05, 0.1) is 0 Å². The molecule has 0 aliphatic rings. The lowest BCUT2D eigenvalue weighted by molar-refractivity contribution is -0.167. The predicted octanol–water partition coefficient (Wildman–Crippen LogP) is 17.9. The summed E-state index contributed by atoms with van der Waals surface area (Å²) in [6.07, 6.45) is 48.0. The van der Waals surface area contributed by atoms with Crippen LogP contribution in [0.25, 0.3) is 0 Å². The number of carbonyl (C=O) groups excluding carboxylic acids is 3. The number of rotatable bonds is 49. The van der Waals surface area contributed by atoms with Crippen LogP contribution in [0.4, 0.5) is 0 Å². The molecule has 0 N–H and O–H groups in total. The number of unbranched alkanes of at least 4 members (excludes halogenated alkanes) is 31. The Hall–Kier alpha value is -1.59. The Morgan fingerprint density at radius 2 is 0.565 bits per heavy atom. The van der Waals surface area contributed by atoms with Crippen LogP contribution in [-0.4, -0.2) is 37.2 Å². The molecule has 0 aliphatic carbocycles. The van der Waals surface area contributed by atoms with Gasteiger partial charge >= 0.3 is 17.9 Å². The van der Waals surface area contributed by atoms with Crippen molar-refractivity contribution in [1.82, 2.24) is 0 Å². The Balaban J connectivity index is 4.31. The van der Waals surface area contributed by atoms with E-state index in [1.807, 2.05) is 0 Å². The lowest BCUT2D eigenvalue weighted by atomic mass is 9.99. The minimum Gasteiger partial charge on any atom is -0.462 e. The summed E-state index contributed by atoms with van der Waals surface area (Å²) in [5, 5.41) is 0. The number of hydrogen-bond acceptors (Lipinski definition) is 6. The second kappa shape index (κ2) is 47.4. The summed E-state index contributed by atoms with van der Waals surface area (Å²) in [7, 11) is 0. The zero-order chi connectivity index (χ0) is 45.6. The standard InChI is InChI=1S/C56H108O6/c1-7-52(6)44-38-32-26-20-15-17-22-28-34-40-46-55(58)61-49-53(62-56(59)47-41-35-29-23-16-14-19-25-31-37-43-51(4)5)48-60-54(57)45-39-33-27-21-13-11-9-8-10-12-18-24-30-36-42-50(2)3/h50-53H,7-49H2,1-6H3/t52?,53-/m0/s1. The van der Waals surface area contributed by atoms with Crippen LogP contribution in [0.1, 0.15) is 305 Å². The van der Waals surface area contributed by atoms with Crippen molar-refractivity contribution in [3.8, 4) is 0 Å². The van der Waals surface area contributed by atoms with E-state index in [2.05, 4.69) is 41.5 Å². The Labute approximate surface area is 387 Å². The molecular formula is C56H108O6. The van der Waals surface area contributed by atoms with Crippen molar-refractivity contribution in [2.75, 3.05) is 13.2 Å². The van der Waals surface area contributed by atoms with Gasteiger partial charge in [-0.2, -0.15) is 0 Å². The van der Waals surface area contributed by atoms with Gasteiger partial charge in [-0.3, -0.25) is 14.4 Å². The molecule has 6 nitrogen and oxygen atoms in total. The van der Waals surface area contributed by atoms with Gasteiger partial charge in [0.1, 0.15) is 13.2 Å². The minimum atomic E-state index is -0.763. The highest BCUT2D eigenvalue weighted by atomic mass is 16.6. The molecule has 0 amide bonds. The average molecular weight is 877 g/mol. The van der Waals surface area contributed by atoms with Gasteiger partial charge in [-0.05, 0) is 37.0 Å². The van der Waals surface area contributed by atoms with Crippen LogP contribution >= 0.6 is 0 Å². The Morgan fingerprint density at radius 3 is 0.839 bits per heavy atom. The topological polar surface area (TPSA) is 78.9 Å². The van der Waals surface area contributed by atoms with E-state index in [-0.39, 0.29) is 31.1 Å². The highest BCUT2D eigenvalue weighted by Gasteiger charge is 2.19. The van der Waals surface area contributed by atoms with Crippen LogP contribution < -0.4 is 0 Å². The summed E-state index contributed by atoms with van der Waals surface area (Å²) < 4.78 is 16.9. The largest absolute Gasteiger partial charge is 0.462 e. The SMILES string of the molecule is CCC(C)CCCCCCCCCCCCC(=O)OC[C@H](COC(=O)CCCCCCCCCCCCCCCCC(C)C)OC(=O)CCCCCCCCCCCCC(C)C. The van der Waals surface area contributed by atoms with Crippen molar-refractivity contribution in [3.05, 3.63) is 0 Å². The third-order valence-electron chi connectivity index (χ3n) is 13.0.